The summed E-state index contributed by atoms with van der Waals surface area (Å²) in [7, 11) is 1.57. The van der Waals surface area contributed by atoms with Crippen LogP contribution in [-0.4, -0.2) is 19.6 Å². The van der Waals surface area contributed by atoms with E-state index in [0.717, 1.165) is 18.4 Å². The second-order valence-electron chi connectivity index (χ2n) is 4.38. The number of hydrogen-bond acceptors (Lipinski definition) is 2. The lowest BCUT2D eigenvalue weighted by atomic mass is 10.0. The minimum absolute atomic E-state index is 0.0197. The summed E-state index contributed by atoms with van der Waals surface area (Å²) in [6.07, 6.45) is 2.19. The lowest BCUT2D eigenvalue weighted by Gasteiger charge is -2.17. The molecular weight excluding hydrogens is 221 g/mol. The molecule has 0 heterocycles. The minimum atomic E-state index is -0.265. The van der Waals surface area contributed by atoms with Gasteiger partial charge in [-0.15, -0.1) is 0 Å². The maximum absolute atomic E-state index is 12.8. The Hall–Kier alpha value is -1.42. The van der Waals surface area contributed by atoms with E-state index >= 15 is 0 Å². The minimum Gasteiger partial charge on any atom is -0.384 e. The summed E-state index contributed by atoms with van der Waals surface area (Å²) < 4.78 is 17.7. The second kappa shape index (κ2) is 4.84. The maximum atomic E-state index is 12.8. The van der Waals surface area contributed by atoms with Crippen LogP contribution in [-0.2, 0) is 15.1 Å². The highest BCUT2D eigenvalue weighted by atomic mass is 19.1. The Balaban J connectivity index is 2.00. The van der Waals surface area contributed by atoms with Gasteiger partial charge in [-0.25, -0.2) is 4.39 Å². The molecule has 1 aromatic rings. The van der Waals surface area contributed by atoms with Crippen LogP contribution < -0.4 is 5.32 Å². The number of nitrogens with one attached hydrogen (secondary N) is 1. The Morgan fingerprint density at radius 2 is 2.06 bits per heavy atom. The van der Waals surface area contributed by atoms with Gasteiger partial charge in [-0.2, -0.15) is 0 Å². The summed E-state index contributed by atoms with van der Waals surface area (Å²) in [5.74, 6) is -0.274. The molecule has 1 aliphatic rings. The number of ether oxygens (including phenoxy) is 1. The molecule has 92 valence electrons. The largest absolute Gasteiger partial charge is 0.384 e. The zero-order valence-electron chi connectivity index (χ0n) is 9.83. The molecule has 1 aliphatic carbocycles. The van der Waals surface area contributed by atoms with Crippen LogP contribution >= 0.6 is 0 Å². The van der Waals surface area contributed by atoms with E-state index in [1.54, 1.807) is 19.2 Å². The summed E-state index contributed by atoms with van der Waals surface area (Å²) in [5.41, 5.74) is 0.711. The van der Waals surface area contributed by atoms with Gasteiger partial charge in [0, 0.05) is 13.5 Å². The van der Waals surface area contributed by atoms with Crippen LogP contribution in [0.3, 0.4) is 0 Å². The first-order valence-electron chi connectivity index (χ1n) is 5.72. The molecule has 1 amide bonds. The summed E-state index contributed by atoms with van der Waals surface area (Å²) in [5, 5.41) is 3.00. The molecule has 3 nitrogen and oxygen atoms in total. The molecule has 0 aromatic heterocycles. The zero-order valence-corrected chi connectivity index (χ0v) is 9.83. The monoisotopic (exact) mass is 237 g/mol. The van der Waals surface area contributed by atoms with E-state index in [9.17, 15) is 9.18 Å². The Labute approximate surface area is 100.0 Å². The normalized spacial score (nSPS) is 16.6. The van der Waals surface area contributed by atoms with Crippen LogP contribution in [0.15, 0.2) is 24.3 Å². The fraction of sp³-hybridized carbons (Fsp3) is 0.462. The molecule has 0 saturated heterocycles. The molecule has 17 heavy (non-hydrogen) atoms. The van der Waals surface area contributed by atoms with Crippen molar-refractivity contribution in [1.82, 2.24) is 5.32 Å². The van der Waals surface area contributed by atoms with Gasteiger partial charge in [0.1, 0.15) is 5.82 Å². The van der Waals surface area contributed by atoms with E-state index in [1.807, 2.05) is 0 Å². The highest BCUT2D eigenvalue weighted by Crippen LogP contribution is 2.45. The van der Waals surface area contributed by atoms with Gasteiger partial charge in [0.15, 0.2) is 0 Å². The van der Waals surface area contributed by atoms with Crippen molar-refractivity contribution in [3.05, 3.63) is 35.6 Å². The molecule has 0 spiro atoms. The highest BCUT2D eigenvalue weighted by Gasteiger charge is 2.45. The first-order valence-corrected chi connectivity index (χ1v) is 5.72. The molecular formula is C13H16FNO2. The summed E-state index contributed by atoms with van der Waals surface area (Å²) in [4.78, 5) is 11.6. The Morgan fingerprint density at radius 3 is 2.59 bits per heavy atom. The lowest BCUT2D eigenvalue weighted by Crippen LogP contribution is -2.35. The quantitative estimate of drug-likeness (QED) is 0.850. The van der Waals surface area contributed by atoms with Crippen LogP contribution in [0.2, 0.25) is 0 Å². The third-order valence-corrected chi connectivity index (χ3v) is 3.06. The molecule has 0 radical (unpaired) electrons. The van der Waals surface area contributed by atoms with Gasteiger partial charge in [0.2, 0.25) is 5.91 Å². The van der Waals surface area contributed by atoms with E-state index in [0.29, 0.717) is 13.0 Å². The van der Waals surface area contributed by atoms with Gasteiger partial charge in [0.05, 0.1) is 12.1 Å². The average Bonchev–Trinajstić information content (AvgIpc) is 3.08. The SMILES string of the molecule is COCCC(=O)NC1(c2ccc(F)cc2)CC1. The maximum Gasteiger partial charge on any atom is 0.223 e. The average molecular weight is 237 g/mol. The van der Waals surface area contributed by atoms with Crippen LogP contribution in [0.25, 0.3) is 0 Å². The fourth-order valence-corrected chi connectivity index (χ4v) is 1.90. The van der Waals surface area contributed by atoms with E-state index in [-0.39, 0.29) is 17.3 Å². The smallest absolute Gasteiger partial charge is 0.223 e. The number of amides is 1. The first kappa shape index (κ1) is 12.0. The molecule has 0 aliphatic heterocycles. The Bertz CT molecular complexity index is 398. The van der Waals surface area contributed by atoms with Crippen LogP contribution in [0.5, 0.6) is 0 Å². The Morgan fingerprint density at radius 1 is 1.41 bits per heavy atom. The molecule has 1 aromatic carbocycles. The van der Waals surface area contributed by atoms with Crippen molar-refractivity contribution in [2.24, 2.45) is 0 Å². The van der Waals surface area contributed by atoms with Crippen molar-refractivity contribution in [2.45, 2.75) is 24.8 Å². The van der Waals surface area contributed by atoms with Crippen LogP contribution in [0, 0.1) is 5.82 Å². The fourth-order valence-electron chi connectivity index (χ4n) is 1.90. The number of rotatable bonds is 5. The third kappa shape index (κ3) is 2.82. The van der Waals surface area contributed by atoms with Gasteiger partial charge in [-0.1, -0.05) is 12.1 Å². The predicted molar refractivity (Wildman–Crippen MR) is 61.9 cm³/mol. The number of carbonyl (C=O) groups excluding carboxylic acids is 1. The number of benzene rings is 1. The molecule has 0 unspecified atom stereocenters. The van der Waals surface area contributed by atoms with Crippen LogP contribution in [0.1, 0.15) is 24.8 Å². The van der Waals surface area contributed by atoms with Crippen molar-refractivity contribution in [1.29, 1.82) is 0 Å². The summed E-state index contributed by atoms with van der Waals surface area (Å²) >= 11 is 0. The van der Waals surface area contributed by atoms with E-state index in [4.69, 9.17) is 4.74 Å². The van der Waals surface area contributed by atoms with Crippen molar-refractivity contribution >= 4 is 5.91 Å². The van der Waals surface area contributed by atoms with Gasteiger partial charge in [0.25, 0.3) is 0 Å². The topological polar surface area (TPSA) is 38.3 Å². The number of hydrogen-bond donors (Lipinski definition) is 1. The number of halogens is 1. The zero-order chi connectivity index (χ0) is 12.3. The van der Waals surface area contributed by atoms with Crippen molar-refractivity contribution in [2.75, 3.05) is 13.7 Å². The number of carbonyl (C=O) groups is 1. The van der Waals surface area contributed by atoms with Crippen LogP contribution in [0.4, 0.5) is 4.39 Å². The first-order chi connectivity index (χ1) is 8.16. The molecule has 1 saturated carbocycles. The Kier molecular flexibility index (Phi) is 3.43. The highest BCUT2D eigenvalue weighted by molar-refractivity contribution is 5.77. The third-order valence-electron chi connectivity index (χ3n) is 3.06. The van der Waals surface area contributed by atoms with Gasteiger partial charge < -0.3 is 10.1 Å². The van der Waals surface area contributed by atoms with Gasteiger partial charge in [-0.05, 0) is 30.5 Å². The molecule has 1 fully saturated rings. The van der Waals surface area contributed by atoms with Gasteiger partial charge >= 0.3 is 0 Å². The molecule has 0 atom stereocenters. The van der Waals surface area contributed by atoms with E-state index in [1.165, 1.54) is 12.1 Å². The predicted octanol–water partition coefficient (Wildman–Crippen LogP) is 1.97. The molecule has 0 bridgehead atoms. The standard InChI is InChI=1S/C13H16FNO2/c1-17-9-6-12(16)15-13(7-8-13)10-2-4-11(14)5-3-10/h2-5H,6-9H2,1H3,(H,15,16). The summed E-state index contributed by atoms with van der Waals surface area (Å²) in [6.45, 7) is 0.422. The lowest BCUT2D eigenvalue weighted by molar-refractivity contribution is -0.123. The molecule has 1 N–H and O–H groups in total. The van der Waals surface area contributed by atoms with Crippen molar-refractivity contribution in [3.8, 4) is 0 Å². The van der Waals surface area contributed by atoms with Crippen molar-refractivity contribution in [3.63, 3.8) is 0 Å². The van der Waals surface area contributed by atoms with Crippen molar-refractivity contribution < 1.29 is 13.9 Å². The van der Waals surface area contributed by atoms with E-state index in [2.05, 4.69) is 5.32 Å². The second-order valence-corrected chi connectivity index (χ2v) is 4.38. The van der Waals surface area contributed by atoms with Gasteiger partial charge in [-0.3, -0.25) is 4.79 Å². The summed E-state index contributed by atoms with van der Waals surface area (Å²) in [6, 6.07) is 6.32. The number of methoxy groups -OCH3 is 1. The van der Waals surface area contributed by atoms with E-state index < -0.39 is 0 Å². The molecule has 2 rings (SSSR count). The molecule has 4 heteroatoms.